The molecule has 8 atom stereocenters. The Morgan fingerprint density at radius 3 is 2.61 bits per heavy atom. The molecule has 4 aliphatic carbocycles. The third-order valence-corrected chi connectivity index (χ3v) is 10.4. The van der Waals surface area contributed by atoms with Gasteiger partial charge >= 0.3 is 0 Å². The largest absolute Gasteiger partial charge is 0.299 e. The van der Waals surface area contributed by atoms with Gasteiger partial charge in [0.25, 0.3) is 0 Å². The van der Waals surface area contributed by atoms with Gasteiger partial charge in [0.2, 0.25) is 0 Å². The van der Waals surface area contributed by atoms with Gasteiger partial charge in [-0.1, -0.05) is 45.3 Å². The molecule has 0 N–H and O–H groups in total. The van der Waals surface area contributed by atoms with Crippen LogP contribution in [0.5, 0.6) is 0 Å². The second-order valence-electron chi connectivity index (χ2n) is 11.8. The van der Waals surface area contributed by atoms with Crippen molar-refractivity contribution in [1.29, 1.82) is 0 Å². The second-order valence-corrected chi connectivity index (χ2v) is 11.8. The van der Waals surface area contributed by atoms with E-state index in [4.69, 9.17) is 0 Å². The van der Waals surface area contributed by atoms with Crippen molar-refractivity contribution in [2.75, 3.05) is 0 Å². The van der Waals surface area contributed by atoms with Gasteiger partial charge in [0, 0.05) is 11.8 Å². The molecule has 0 bridgehead atoms. The van der Waals surface area contributed by atoms with Crippen molar-refractivity contribution in [1.82, 2.24) is 0 Å². The molecule has 28 heavy (non-hydrogen) atoms. The standard InChI is InChI=1S/C27H44O/c1-18(2)9-8-10-19(3)22-14-15-23-21-13-12-20-11-6-7-16-26(20,4)24(21)17-25(28)27(22,23)5/h9,19-24H,6-8,10-17H2,1-5H3. The zero-order valence-electron chi connectivity index (χ0n) is 19.2. The third kappa shape index (κ3) is 3.14. The van der Waals surface area contributed by atoms with Crippen LogP contribution in [0.1, 0.15) is 105 Å². The van der Waals surface area contributed by atoms with Gasteiger partial charge in [-0.25, -0.2) is 0 Å². The Morgan fingerprint density at radius 2 is 1.86 bits per heavy atom. The average molecular weight is 385 g/mol. The highest BCUT2D eigenvalue weighted by Gasteiger charge is 2.63. The number of carbonyl (C=O) groups excluding carboxylic acids is 1. The smallest absolute Gasteiger partial charge is 0.139 e. The average Bonchev–Trinajstić information content (AvgIpc) is 3.01. The Balaban J connectivity index is 1.55. The molecule has 0 aromatic heterocycles. The van der Waals surface area contributed by atoms with Gasteiger partial charge in [0.05, 0.1) is 0 Å². The summed E-state index contributed by atoms with van der Waals surface area (Å²) in [4.78, 5) is 13.8. The first kappa shape index (κ1) is 20.7. The predicted octanol–water partition coefficient (Wildman–Crippen LogP) is 7.60. The van der Waals surface area contributed by atoms with Crippen LogP contribution in [-0.4, -0.2) is 5.78 Å². The van der Waals surface area contributed by atoms with Crippen LogP contribution in [0.2, 0.25) is 0 Å². The van der Waals surface area contributed by atoms with Crippen LogP contribution in [0.4, 0.5) is 0 Å². The van der Waals surface area contributed by atoms with Crippen molar-refractivity contribution in [2.45, 2.75) is 105 Å². The number of fused-ring (bicyclic) bond motifs is 5. The Kier molecular flexibility index (Phi) is 5.60. The molecule has 4 aliphatic rings. The maximum atomic E-state index is 13.8. The van der Waals surface area contributed by atoms with E-state index in [-0.39, 0.29) is 5.41 Å². The zero-order valence-corrected chi connectivity index (χ0v) is 19.2. The fourth-order valence-corrected chi connectivity index (χ4v) is 8.78. The Morgan fingerprint density at radius 1 is 1.07 bits per heavy atom. The summed E-state index contributed by atoms with van der Waals surface area (Å²) in [5.74, 6) is 5.05. The first-order valence-electron chi connectivity index (χ1n) is 12.4. The normalized spacial score (nSPS) is 46.3. The van der Waals surface area contributed by atoms with E-state index < -0.39 is 0 Å². The summed E-state index contributed by atoms with van der Waals surface area (Å²) < 4.78 is 0. The molecule has 0 radical (unpaired) electrons. The van der Waals surface area contributed by atoms with E-state index in [9.17, 15) is 4.79 Å². The van der Waals surface area contributed by atoms with Gasteiger partial charge in [0.1, 0.15) is 5.78 Å². The Hall–Kier alpha value is -0.590. The highest BCUT2D eigenvalue weighted by atomic mass is 16.1. The number of carbonyl (C=O) groups is 1. The molecule has 0 aliphatic heterocycles. The van der Waals surface area contributed by atoms with E-state index in [1.54, 1.807) is 0 Å². The first-order chi connectivity index (χ1) is 13.3. The molecule has 4 saturated carbocycles. The topological polar surface area (TPSA) is 17.1 Å². The van der Waals surface area contributed by atoms with Gasteiger partial charge in [-0.3, -0.25) is 4.79 Å². The van der Waals surface area contributed by atoms with Gasteiger partial charge in [-0.05, 0) is 106 Å². The summed E-state index contributed by atoms with van der Waals surface area (Å²) in [6, 6.07) is 0. The van der Waals surface area contributed by atoms with E-state index in [0.29, 0.717) is 34.9 Å². The SMILES string of the molecule is CC(C)=CCCC(C)C1CCC2C3CCC4CCCCC4(C)C3CC(=O)C12C. The number of ketones is 1. The lowest BCUT2D eigenvalue weighted by molar-refractivity contribution is -0.157. The minimum Gasteiger partial charge on any atom is -0.299 e. The lowest BCUT2D eigenvalue weighted by Crippen LogP contribution is -2.56. The maximum Gasteiger partial charge on any atom is 0.139 e. The Labute approximate surface area is 174 Å². The van der Waals surface area contributed by atoms with E-state index in [0.717, 1.165) is 18.3 Å². The lowest BCUT2D eigenvalue weighted by Gasteiger charge is -2.60. The van der Waals surface area contributed by atoms with E-state index in [2.05, 4.69) is 40.7 Å². The van der Waals surface area contributed by atoms with Crippen LogP contribution in [0.25, 0.3) is 0 Å². The van der Waals surface area contributed by atoms with Crippen LogP contribution < -0.4 is 0 Å². The number of allylic oxidation sites excluding steroid dienone is 2. The fraction of sp³-hybridized carbons (Fsp3) is 0.889. The highest BCUT2D eigenvalue weighted by Crippen LogP contribution is 2.67. The van der Waals surface area contributed by atoms with Gasteiger partial charge in [-0.2, -0.15) is 0 Å². The molecule has 8 unspecified atom stereocenters. The molecule has 4 rings (SSSR count). The first-order valence-corrected chi connectivity index (χ1v) is 12.4. The van der Waals surface area contributed by atoms with Crippen molar-refractivity contribution in [2.24, 2.45) is 46.3 Å². The molecule has 0 spiro atoms. The summed E-state index contributed by atoms with van der Waals surface area (Å²) in [5.41, 5.74) is 1.87. The lowest BCUT2D eigenvalue weighted by atomic mass is 9.44. The van der Waals surface area contributed by atoms with Gasteiger partial charge < -0.3 is 0 Å². The molecule has 0 heterocycles. The molecule has 0 saturated heterocycles. The summed E-state index contributed by atoms with van der Waals surface area (Å²) in [5, 5.41) is 0. The third-order valence-electron chi connectivity index (χ3n) is 10.4. The molecule has 1 heteroatoms. The van der Waals surface area contributed by atoms with Crippen LogP contribution >= 0.6 is 0 Å². The summed E-state index contributed by atoms with van der Waals surface area (Å²) in [6.45, 7) is 11.8. The monoisotopic (exact) mass is 384 g/mol. The minimum atomic E-state index is -0.0244. The van der Waals surface area contributed by atoms with Crippen molar-refractivity contribution >= 4 is 5.78 Å². The van der Waals surface area contributed by atoms with Gasteiger partial charge in [-0.15, -0.1) is 0 Å². The highest BCUT2D eigenvalue weighted by molar-refractivity contribution is 5.87. The number of hydrogen-bond acceptors (Lipinski definition) is 1. The molecule has 1 nitrogen and oxygen atoms in total. The summed E-state index contributed by atoms with van der Waals surface area (Å²) >= 11 is 0. The van der Waals surface area contributed by atoms with Crippen LogP contribution in [0.3, 0.4) is 0 Å². The molecular formula is C27H44O. The van der Waals surface area contributed by atoms with Crippen molar-refractivity contribution in [3.63, 3.8) is 0 Å². The molecule has 4 fully saturated rings. The molecule has 158 valence electrons. The number of rotatable bonds is 4. The van der Waals surface area contributed by atoms with E-state index in [1.807, 2.05) is 0 Å². The maximum absolute atomic E-state index is 13.8. The molecule has 0 amide bonds. The van der Waals surface area contributed by atoms with Crippen LogP contribution in [0, 0.1) is 46.3 Å². The summed E-state index contributed by atoms with van der Waals surface area (Å²) in [6.07, 6.45) is 16.8. The Bertz CT molecular complexity index is 628. The second kappa shape index (κ2) is 7.59. The van der Waals surface area contributed by atoms with Crippen LogP contribution in [0.15, 0.2) is 11.6 Å². The summed E-state index contributed by atoms with van der Waals surface area (Å²) in [7, 11) is 0. The quantitative estimate of drug-likeness (QED) is 0.456. The van der Waals surface area contributed by atoms with Crippen LogP contribution in [-0.2, 0) is 4.79 Å². The molecule has 0 aromatic rings. The number of Topliss-reactive ketones (excluding diaryl/α,β-unsaturated/α-hetero) is 1. The van der Waals surface area contributed by atoms with E-state index in [1.165, 1.54) is 69.8 Å². The van der Waals surface area contributed by atoms with Crippen molar-refractivity contribution in [3.05, 3.63) is 11.6 Å². The molecule has 0 aromatic carbocycles. The molecular weight excluding hydrogens is 340 g/mol. The van der Waals surface area contributed by atoms with Crippen molar-refractivity contribution < 1.29 is 4.79 Å². The van der Waals surface area contributed by atoms with Crippen molar-refractivity contribution in [3.8, 4) is 0 Å². The fourth-order valence-electron chi connectivity index (χ4n) is 8.78. The zero-order chi connectivity index (χ0) is 20.1. The van der Waals surface area contributed by atoms with Gasteiger partial charge in [0.15, 0.2) is 0 Å². The predicted molar refractivity (Wildman–Crippen MR) is 118 cm³/mol. The number of hydrogen-bond donors (Lipinski definition) is 0. The van der Waals surface area contributed by atoms with E-state index >= 15 is 0 Å². The minimum absolute atomic E-state index is 0.0244.